The molecule has 0 saturated carbocycles. The van der Waals surface area contributed by atoms with Crippen molar-refractivity contribution in [2.75, 3.05) is 0 Å². The zero-order valence-electron chi connectivity index (χ0n) is 7.45. The van der Waals surface area contributed by atoms with Crippen molar-refractivity contribution in [2.45, 2.75) is 25.7 Å². The average Bonchev–Trinajstić information content (AvgIpc) is 2.05. The van der Waals surface area contributed by atoms with Gasteiger partial charge in [-0.2, -0.15) is 0 Å². The lowest BCUT2D eigenvalue weighted by atomic mass is 10.2. The van der Waals surface area contributed by atoms with Crippen molar-refractivity contribution in [1.82, 2.24) is 0 Å². The fourth-order valence-electron chi connectivity index (χ4n) is 1.11. The molecule has 0 aliphatic heterocycles. The van der Waals surface area contributed by atoms with E-state index in [1.807, 2.05) is 0 Å². The van der Waals surface area contributed by atoms with E-state index < -0.39 is 0 Å². The number of rotatable bonds is 0. The van der Waals surface area contributed by atoms with Gasteiger partial charge in [0.05, 0.1) is 0 Å². The Balaban J connectivity index is 2.42. The molecule has 0 amide bonds. The third-order valence-electron chi connectivity index (χ3n) is 1.79. The summed E-state index contributed by atoms with van der Waals surface area (Å²) >= 11 is 0. The molecule has 0 saturated heterocycles. The van der Waals surface area contributed by atoms with Crippen LogP contribution in [-0.4, -0.2) is 0 Å². The molecular weight excluding hydrogens is 144 g/mol. The maximum absolute atomic E-state index is 2.27. The van der Waals surface area contributed by atoms with Gasteiger partial charge in [-0.1, -0.05) is 48.6 Å². The number of hydrogen-bond donors (Lipinski definition) is 0. The van der Waals surface area contributed by atoms with Crippen LogP contribution in [0.1, 0.15) is 25.7 Å². The second kappa shape index (κ2) is 6.66. The number of hydrogen-bond acceptors (Lipinski definition) is 0. The van der Waals surface area contributed by atoms with Crippen molar-refractivity contribution < 1.29 is 0 Å². The molecule has 1 rings (SSSR count). The van der Waals surface area contributed by atoms with Gasteiger partial charge in [-0.15, -0.1) is 0 Å². The van der Waals surface area contributed by atoms with Gasteiger partial charge in [0, 0.05) is 0 Å². The van der Waals surface area contributed by atoms with Gasteiger partial charge in [0.2, 0.25) is 0 Å². The number of allylic oxidation sites excluding steroid dienone is 8. The summed E-state index contributed by atoms with van der Waals surface area (Å²) in [6.07, 6.45) is 22.0. The Hall–Kier alpha value is -1.04. The normalized spacial score (nSPS) is 26.7. The van der Waals surface area contributed by atoms with Gasteiger partial charge in [-0.25, -0.2) is 0 Å². The smallest absolute Gasteiger partial charge is 0.0166 e. The second-order valence-electron chi connectivity index (χ2n) is 2.88. The summed E-state index contributed by atoms with van der Waals surface area (Å²) in [4.78, 5) is 0. The fraction of sp³-hybridized carbons (Fsp3) is 0.333. The second-order valence-corrected chi connectivity index (χ2v) is 2.88. The third-order valence-corrected chi connectivity index (χ3v) is 1.79. The largest absolute Gasteiger partial charge is 0.0882 e. The summed E-state index contributed by atoms with van der Waals surface area (Å²) in [5.41, 5.74) is 0. The molecule has 1 aliphatic rings. The van der Waals surface area contributed by atoms with E-state index in [9.17, 15) is 0 Å². The zero-order valence-corrected chi connectivity index (χ0v) is 7.45. The van der Waals surface area contributed by atoms with Crippen LogP contribution in [0.4, 0.5) is 0 Å². The van der Waals surface area contributed by atoms with E-state index >= 15 is 0 Å². The molecule has 0 spiro atoms. The fourth-order valence-corrected chi connectivity index (χ4v) is 1.11. The molecule has 0 aromatic heterocycles. The van der Waals surface area contributed by atoms with Crippen LogP contribution in [0.2, 0.25) is 0 Å². The van der Waals surface area contributed by atoms with Crippen LogP contribution >= 0.6 is 0 Å². The Morgan fingerprint density at radius 2 is 1.33 bits per heavy atom. The van der Waals surface area contributed by atoms with E-state index in [2.05, 4.69) is 48.6 Å². The van der Waals surface area contributed by atoms with Crippen molar-refractivity contribution in [3.8, 4) is 0 Å². The lowest BCUT2D eigenvalue weighted by Crippen LogP contribution is -1.69. The van der Waals surface area contributed by atoms with Gasteiger partial charge in [0.25, 0.3) is 0 Å². The Morgan fingerprint density at radius 1 is 0.583 bits per heavy atom. The van der Waals surface area contributed by atoms with Crippen LogP contribution < -0.4 is 0 Å². The molecule has 0 atom stereocenters. The van der Waals surface area contributed by atoms with E-state index in [1.54, 1.807) is 0 Å². The molecule has 64 valence electrons. The average molecular weight is 160 g/mol. The van der Waals surface area contributed by atoms with E-state index in [-0.39, 0.29) is 0 Å². The van der Waals surface area contributed by atoms with Gasteiger partial charge < -0.3 is 0 Å². The van der Waals surface area contributed by atoms with Crippen LogP contribution in [0.15, 0.2) is 48.6 Å². The van der Waals surface area contributed by atoms with Crippen molar-refractivity contribution >= 4 is 0 Å². The minimum Gasteiger partial charge on any atom is -0.0882 e. The summed E-state index contributed by atoms with van der Waals surface area (Å²) in [6.45, 7) is 0. The molecule has 0 radical (unpaired) electrons. The maximum Gasteiger partial charge on any atom is -0.0166 e. The highest BCUT2D eigenvalue weighted by atomic mass is 13.9. The summed E-state index contributed by atoms with van der Waals surface area (Å²) in [7, 11) is 0. The van der Waals surface area contributed by atoms with Gasteiger partial charge in [-0.05, 0) is 25.7 Å². The van der Waals surface area contributed by atoms with E-state index in [0.717, 1.165) is 6.42 Å². The maximum atomic E-state index is 2.27. The van der Waals surface area contributed by atoms with Gasteiger partial charge in [0.1, 0.15) is 0 Å². The van der Waals surface area contributed by atoms with Crippen molar-refractivity contribution in [3.63, 3.8) is 0 Å². The molecule has 0 aromatic rings. The highest BCUT2D eigenvalue weighted by Gasteiger charge is 1.80. The standard InChI is InChI=1S/C12H16/c1-2-4-6-8-10-12-11-9-7-5-3-1/h1-6,9,11H,7-8,10,12H2/b2-1-,5-3+,6-4?,11-9-. The first-order valence-electron chi connectivity index (χ1n) is 4.63. The third kappa shape index (κ3) is 4.73. The monoisotopic (exact) mass is 160 g/mol. The molecule has 1 aliphatic carbocycles. The van der Waals surface area contributed by atoms with E-state index in [1.165, 1.54) is 19.3 Å². The van der Waals surface area contributed by atoms with Crippen molar-refractivity contribution in [3.05, 3.63) is 48.6 Å². The molecule has 0 nitrogen and oxygen atoms in total. The summed E-state index contributed by atoms with van der Waals surface area (Å²) in [5.74, 6) is 0. The van der Waals surface area contributed by atoms with E-state index in [4.69, 9.17) is 0 Å². The molecular formula is C12H16. The Bertz CT molecular complexity index is 204. The summed E-state index contributed by atoms with van der Waals surface area (Å²) < 4.78 is 0. The highest BCUT2D eigenvalue weighted by Crippen LogP contribution is 2.00. The molecule has 0 heteroatoms. The van der Waals surface area contributed by atoms with Crippen molar-refractivity contribution in [1.29, 1.82) is 0 Å². The first-order valence-corrected chi connectivity index (χ1v) is 4.63. The van der Waals surface area contributed by atoms with Gasteiger partial charge in [0.15, 0.2) is 0 Å². The molecule has 12 heavy (non-hydrogen) atoms. The lowest BCUT2D eigenvalue weighted by Gasteiger charge is -1.90. The van der Waals surface area contributed by atoms with Crippen molar-refractivity contribution in [2.24, 2.45) is 0 Å². The molecule has 0 N–H and O–H groups in total. The summed E-state index contributed by atoms with van der Waals surface area (Å²) in [5, 5.41) is 0. The quantitative estimate of drug-likeness (QED) is 0.473. The molecule has 0 fully saturated rings. The first-order chi connectivity index (χ1) is 6.00. The van der Waals surface area contributed by atoms with Crippen LogP contribution in [-0.2, 0) is 0 Å². The Labute approximate surface area is 75.0 Å². The zero-order chi connectivity index (χ0) is 8.49. The highest BCUT2D eigenvalue weighted by molar-refractivity contribution is 5.12. The van der Waals surface area contributed by atoms with Crippen LogP contribution in [0.3, 0.4) is 0 Å². The first kappa shape index (κ1) is 9.05. The molecule has 0 unspecified atom stereocenters. The van der Waals surface area contributed by atoms with E-state index in [0.29, 0.717) is 0 Å². The van der Waals surface area contributed by atoms with Crippen LogP contribution in [0, 0.1) is 0 Å². The minimum atomic E-state index is 1.06. The summed E-state index contributed by atoms with van der Waals surface area (Å²) in [6, 6.07) is 0. The SMILES string of the molecule is C1=CCCC/C=C\C/C=C/C=C\1. The predicted molar refractivity (Wildman–Crippen MR) is 55.0 cm³/mol. The molecule has 0 aromatic carbocycles. The van der Waals surface area contributed by atoms with Crippen LogP contribution in [0.5, 0.6) is 0 Å². The van der Waals surface area contributed by atoms with Crippen LogP contribution in [0.25, 0.3) is 0 Å². The molecule has 0 heterocycles. The lowest BCUT2D eigenvalue weighted by molar-refractivity contribution is 0.866. The Kier molecular flexibility index (Phi) is 5.02. The van der Waals surface area contributed by atoms with Gasteiger partial charge in [-0.3, -0.25) is 0 Å². The van der Waals surface area contributed by atoms with Gasteiger partial charge >= 0.3 is 0 Å². The minimum absolute atomic E-state index is 1.06. The Morgan fingerprint density at radius 3 is 2.25 bits per heavy atom. The molecule has 0 bridgehead atoms. The predicted octanol–water partition coefficient (Wildman–Crippen LogP) is 3.79. The topological polar surface area (TPSA) is 0 Å².